The summed E-state index contributed by atoms with van der Waals surface area (Å²) in [6.07, 6.45) is 1.04. The van der Waals surface area contributed by atoms with Crippen molar-refractivity contribution in [3.8, 4) is 11.8 Å². The lowest BCUT2D eigenvalue weighted by Crippen LogP contribution is -2.04. The molecular formula is C13H12FNO4. The molecule has 0 amide bonds. The molecule has 19 heavy (non-hydrogen) atoms. The molecule has 0 saturated heterocycles. The number of esters is 1. The van der Waals surface area contributed by atoms with Crippen molar-refractivity contribution >= 4 is 5.97 Å². The van der Waals surface area contributed by atoms with E-state index in [-0.39, 0.29) is 24.2 Å². The second-order valence-corrected chi connectivity index (χ2v) is 3.73. The number of oxazole rings is 1. The highest BCUT2D eigenvalue weighted by atomic mass is 19.1. The largest absolute Gasteiger partial charge is 0.461 e. The Hall–Kier alpha value is -2.37. The van der Waals surface area contributed by atoms with Crippen molar-refractivity contribution in [2.75, 3.05) is 6.61 Å². The van der Waals surface area contributed by atoms with Gasteiger partial charge in [0.05, 0.1) is 6.61 Å². The van der Waals surface area contributed by atoms with E-state index in [4.69, 9.17) is 13.9 Å². The normalized spacial score (nSPS) is 10.3. The Morgan fingerprint density at radius 1 is 1.47 bits per heavy atom. The summed E-state index contributed by atoms with van der Waals surface area (Å²) < 4.78 is 28.1. The summed E-state index contributed by atoms with van der Waals surface area (Å²) in [5.41, 5.74) is 0.463. The van der Waals surface area contributed by atoms with E-state index in [1.54, 1.807) is 13.8 Å². The van der Waals surface area contributed by atoms with Crippen LogP contribution in [0, 0.1) is 12.7 Å². The van der Waals surface area contributed by atoms with Crippen LogP contribution in [-0.4, -0.2) is 17.6 Å². The molecule has 0 aliphatic carbocycles. The Bertz CT molecular complexity index is 594. The van der Waals surface area contributed by atoms with Crippen LogP contribution in [0.2, 0.25) is 0 Å². The van der Waals surface area contributed by atoms with Gasteiger partial charge in [0, 0.05) is 0 Å². The zero-order valence-corrected chi connectivity index (χ0v) is 10.5. The van der Waals surface area contributed by atoms with Gasteiger partial charge in [0.25, 0.3) is 0 Å². The van der Waals surface area contributed by atoms with E-state index in [1.165, 1.54) is 18.2 Å². The number of carbonyl (C=O) groups is 1. The van der Waals surface area contributed by atoms with Crippen LogP contribution in [0.25, 0.3) is 0 Å². The van der Waals surface area contributed by atoms with Gasteiger partial charge in [-0.3, -0.25) is 0 Å². The Morgan fingerprint density at radius 2 is 2.26 bits per heavy atom. The van der Waals surface area contributed by atoms with Gasteiger partial charge in [-0.2, -0.15) is 4.98 Å². The van der Waals surface area contributed by atoms with Crippen LogP contribution >= 0.6 is 0 Å². The first-order valence-corrected chi connectivity index (χ1v) is 5.67. The molecule has 2 rings (SSSR count). The molecular weight excluding hydrogens is 253 g/mol. The second-order valence-electron chi connectivity index (χ2n) is 3.73. The number of ether oxygens (including phenoxy) is 2. The van der Waals surface area contributed by atoms with Gasteiger partial charge in [0.1, 0.15) is 17.8 Å². The molecule has 1 aromatic carbocycles. The zero-order valence-electron chi connectivity index (χ0n) is 10.5. The van der Waals surface area contributed by atoms with Crippen molar-refractivity contribution in [1.29, 1.82) is 0 Å². The lowest BCUT2D eigenvalue weighted by Gasteiger charge is -2.02. The maximum Gasteiger partial charge on any atom is 0.399 e. The third-order valence-electron chi connectivity index (χ3n) is 2.30. The fourth-order valence-corrected chi connectivity index (χ4v) is 1.38. The fraction of sp³-hybridized carbons (Fsp3) is 0.231. The Morgan fingerprint density at radius 3 is 2.95 bits per heavy atom. The van der Waals surface area contributed by atoms with Gasteiger partial charge in [-0.1, -0.05) is 0 Å². The van der Waals surface area contributed by atoms with Crippen LogP contribution in [0.5, 0.6) is 11.8 Å². The number of halogens is 1. The van der Waals surface area contributed by atoms with Crippen molar-refractivity contribution in [1.82, 2.24) is 4.98 Å². The molecule has 0 atom stereocenters. The summed E-state index contributed by atoms with van der Waals surface area (Å²) >= 11 is 0. The minimum atomic E-state index is -0.587. The smallest absolute Gasteiger partial charge is 0.399 e. The van der Waals surface area contributed by atoms with Crippen molar-refractivity contribution < 1.29 is 23.1 Å². The predicted octanol–water partition coefficient (Wildman–Crippen LogP) is 3.09. The first-order valence-electron chi connectivity index (χ1n) is 5.67. The van der Waals surface area contributed by atoms with E-state index in [2.05, 4.69) is 4.98 Å². The maximum absolute atomic E-state index is 13.1. The average Bonchev–Trinajstić information content (AvgIpc) is 2.83. The van der Waals surface area contributed by atoms with E-state index in [9.17, 15) is 9.18 Å². The summed E-state index contributed by atoms with van der Waals surface area (Å²) in [4.78, 5) is 15.2. The van der Waals surface area contributed by atoms with Crippen LogP contribution in [0.15, 0.2) is 28.9 Å². The molecule has 2 aromatic rings. The first-order chi connectivity index (χ1) is 9.10. The molecule has 0 aliphatic heterocycles. The van der Waals surface area contributed by atoms with Crippen LogP contribution in [-0.2, 0) is 4.74 Å². The molecule has 100 valence electrons. The van der Waals surface area contributed by atoms with Crippen LogP contribution in [0.1, 0.15) is 23.0 Å². The first kappa shape index (κ1) is 13.1. The zero-order chi connectivity index (χ0) is 13.8. The van der Waals surface area contributed by atoms with Gasteiger partial charge >= 0.3 is 12.0 Å². The molecule has 0 bridgehead atoms. The van der Waals surface area contributed by atoms with Crippen molar-refractivity contribution in [3.05, 3.63) is 41.5 Å². The molecule has 0 N–H and O–H groups in total. The Balaban J connectivity index is 2.11. The molecule has 1 heterocycles. The minimum absolute atomic E-state index is 0.0238. The molecule has 0 spiro atoms. The number of benzene rings is 1. The number of rotatable bonds is 4. The Labute approximate surface area is 109 Å². The quantitative estimate of drug-likeness (QED) is 0.795. The number of carbonyl (C=O) groups excluding carboxylic acids is 1. The van der Waals surface area contributed by atoms with Crippen LogP contribution in [0.3, 0.4) is 0 Å². The SMILES string of the molecule is CCOC(=O)c1coc(Oc2ccc(F)c(C)c2)n1. The lowest BCUT2D eigenvalue weighted by molar-refractivity contribution is 0.0519. The van der Waals surface area contributed by atoms with E-state index in [1.807, 2.05) is 0 Å². The highest BCUT2D eigenvalue weighted by molar-refractivity contribution is 5.86. The van der Waals surface area contributed by atoms with E-state index >= 15 is 0 Å². The monoisotopic (exact) mass is 265 g/mol. The number of hydrogen-bond donors (Lipinski definition) is 0. The third kappa shape index (κ3) is 3.09. The Kier molecular flexibility index (Phi) is 3.79. The number of hydrogen-bond acceptors (Lipinski definition) is 5. The minimum Gasteiger partial charge on any atom is -0.461 e. The van der Waals surface area contributed by atoms with Gasteiger partial charge in [-0.25, -0.2) is 9.18 Å². The van der Waals surface area contributed by atoms with Crippen molar-refractivity contribution in [2.24, 2.45) is 0 Å². The van der Waals surface area contributed by atoms with E-state index in [0.29, 0.717) is 11.3 Å². The molecule has 5 nitrogen and oxygen atoms in total. The molecule has 0 radical (unpaired) electrons. The second kappa shape index (κ2) is 5.51. The van der Waals surface area contributed by atoms with Crippen LogP contribution < -0.4 is 4.74 Å². The molecule has 0 saturated carbocycles. The highest BCUT2D eigenvalue weighted by Gasteiger charge is 2.14. The standard InChI is InChI=1S/C13H12FNO4/c1-3-17-12(16)11-7-18-13(15-11)19-9-4-5-10(14)8(2)6-9/h4-7H,3H2,1-2H3. The van der Waals surface area contributed by atoms with Gasteiger partial charge in [-0.05, 0) is 37.6 Å². The van der Waals surface area contributed by atoms with E-state index in [0.717, 1.165) is 6.26 Å². The third-order valence-corrected chi connectivity index (χ3v) is 2.30. The summed E-state index contributed by atoms with van der Waals surface area (Å²) in [7, 11) is 0. The molecule has 0 aliphatic rings. The van der Waals surface area contributed by atoms with Gasteiger partial charge in [0.2, 0.25) is 0 Å². The van der Waals surface area contributed by atoms with E-state index < -0.39 is 5.97 Å². The molecule has 0 unspecified atom stereocenters. The summed E-state index contributed by atoms with van der Waals surface area (Å²) in [6.45, 7) is 3.55. The number of nitrogens with zero attached hydrogens (tertiary/aromatic N) is 1. The topological polar surface area (TPSA) is 61.6 Å². The lowest BCUT2D eigenvalue weighted by atomic mass is 10.2. The summed E-state index contributed by atoms with van der Waals surface area (Å²) in [6, 6.07) is 4.22. The molecule has 6 heteroatoms. The average molecular weight is 265 g/mol. The predicted molar refractivity (Wildman–Crippen MR) is 63.7 cm³/mol. The van der Waals surface area contributed by atoms with Crippen molar-refractivity contribution in [2.45, 2.75) is 13.8 Å². The fourth-order valence-electron chi connectivity index (χ4n) is 1.38. The maximum atomic E-state index is 13.1. The van der Waals surface area contributed by atoms with Gasteiger partial charge < -0.3 is 13.9 Å². The van der Waals surface area contributed by atoms with Crippen LogP contribution in [0.4, 0.5) is 4.39 Å². The number of aryl methyl sites for hydroxylation is 1. The van der Waals surface area contributed by atoms with Gasteiger partial charge in [0.15, 0.2) is 5.69 Å². The van der Waals surface area contributed by atoms with Crippen molar-refractivity contribution in [3.63, 3.8) is 0 Å². The molecule has 1 aromatic heterocycles. The summed E-state index contributed by atoms with van der Waals surface area (Å²) in [5.74, 6) is -0.542. The molecule has 0 fully saturated rings. The highest BCUT2D eigenvalue weighted by Crippen LogP contribution is 2.23. The number of aromatic nitrogens is 1. The summed E-state index contributed by atoms with van der Waals surface area (Å²) in [5, 5.41) is 0. The van der Waals surface area contributed by atoms with Gasteiger partial charge in [-0.15, -0.1) is 0 Å².